The van der Waals surface area contributed by atoms with Crippen molar-refractivity contribution in [1.82, 2.24) is 0 Å². The van der Waals surface area contributed by atoms with Crippen LogP contribution in [0.2, 0.25) is 0 Å². The number of fused-ring (bicyclic) bond motifs is 1. The van der Waals surface area contributed by atoms with E-state index in [-0.39, 0.29) is 18.4 Å². The van der Waals surface area contributed by atoms with E-state index in [0.717, 1.165) is 12.1 Å². The third kappa shape index (κ3) is 4.62. The van der Waals surface area contributed by atoms with Gasteiger partial charge in [-0.3, -0.25) is 9.59 Å². The highest BCUT2D eigenvalue weighted by Gasteiger charge is 2.37. The van der Waals surface area contributed by atoms with Crippen molar-refractivity contribution in [2.45, 2.75) is 34.1 Å². The zero-order chi connectivity index (χ0) is 21.9. The summed E-state index contributed by atoms with van der Waals surface area (Å²) in [5.74, 6) is 0.762. The van der Waals surface area contributed by atoms with Crippen LogP contribution in [0.1, 0.15) is 50.0 Å². The second kappa shape index (κ2) is 8.58. The van der Waals surface area contributed by atoms with E-state index in [9.17, 15) is 9.59 Å². The Balaban J connectivity index is 1.88. The van der Waals surface area contributed by atoms with Crippen LogP contribution in [0.25, 0.3) is 0 Å². The molecule has 0 spiro atoms. The van der Waals surface area contributed by atoms with E-state index < -0.39 is 5.41 Å². The Morgan fingerprint density at radius 2 is 2.03 bits per heavy atom. The van der Waals surface area contributed by atoms with Crippen molar-refractivity contribution < 1.29 is 14.3 Å². The average Bonchev–Trinajstić information content (AvgIpc) is 2.81. The Bertz CT molecular complexity index is 1000. The van der Waals surface area contributed by atoms with Crippen molar-refractivity contribution in [3.8, 4) is 11.8 Å². The summed E-state index contributed by atoms with van der Waals surface area (Å²) in [5, 5.41) is 11.9. The number of rotatable bonds is 5. The lowest BCUT2D eigenvalue weighted by Crippen LogP contribution is -2.42. The number of hydrogen-bond acceptors (Lipinski definition) is 4. The smallest absolute Gasteiger partial charge is 0.255 e. The Hall–Kier alpha value is -3.33. The maximum Gasteiger partial charge on any atom is 0.255 e. The fraction of sp³-hybridized carbons (Fsp3) is 0.375. The molecule has 0 fully saturated rings. The molecule has 1 aliphatic rings. The molecule has 2 aromatic rings. The molecule has 0 radical (unpaired) electrons. The van der Waals surface area contributed by atoms with Crippen molar-refractivity contribution in [1.29, 1.82) is 5.26 Å². The van der Waals surface area contributed by atoms with Crippen molar-refractivity contribution in [3.05, 3.63) is 53.6 Å². The van der Waals surface area contributed by atoms with Crippen molar-refractivity contribution in [2.75, 3.05) is 23.4 Å². The first kappa shape index (κ1) is 21.4. The van der Waals surface area contributed by atoms with Gasteiger partial charge in [0.25, 0.3) is 5.91 Å². The molecule has 0 aliphatic carbocycles. The van der Waals surface area contributed by atoms with Crippen molar-refractivity contribution in [3.63, 3.8) is 0 Å². The lowest BCUT2D eigenvalue weighted by molar-refractivity contribution is -0.127. The third-order valence-electron chi connectivity index (χ3n) is 5.11. The molecular formula is C24H27N3O3. The second-order valence-electron chi connectivity index (χ2n) is 8.64. The van der Waals surface area contributed by atoms with E-state index in [4.69, 9.17) is 10.00 Å². The van der Waals surface area contributed by atoms with Crippen LogP contribution in [0.3, 0.4) is 0 Å². The summed E-state index contributed by atoms with van der Waals surface area (Å²) < 4.78 is 5.98. The standard InChI is InChI=1S/C24H27N3O3/c1-16(2)10-11-27-20-9-8-19(13-21(20)30-15-24(3,4)23(27)29)26-22(28)18-7-5-6-17(12-18)14-25/h5-9,12-13,16H,10-11,15H2,1-4H3,(H,26,28). The van der Waals surface area contributed by atoms with Gasteiger partial charge in [-0.2, -0.15) is 5.26 Å². The first-order chi connectivity index (χ1) is 14.2. The molecule has 6 heteroatoms. The minimum Gasteiger partial charge on any atom is -0.490 e. The highest BCUT2D eigenvalue weighted by molar-refractivity contribution is 6.05. The number of nitriles is 1. The minimum atomic E-state index is -0.642. The predicted octanol–water partition coefficient (Wildman–Crippen LogP) is 4.61. The maximum atomic E-state index is 13.1. The van der Waals surface area contributed by atoms with Crippen LogP contribution in [-0.2, 0) is 4.79 Å². The molecule has 30 heavy (non-hydrogen) atoms. The SMILES string of the molecule is CC(C)CCN1C(=O)C(C)(C)COc2cc(NC(=O)c3cccc(C#N)c3)ccc21. The number of hydrogen-bond donors (Lipinski definition) is 1. The predicted molar refractivity (Wildman–Crippen MR) is 117 cm³/mol. The summed E-state index contributed by atoms with van der Waals surface area (Å²) in [6, 6.07) is 13.9. The molecule has 156 valence electrons. The van der Waals surface area contributed by atoms with Crippen LogP contribution >= 0.6 is 0 Å². The Morgan fingerprint density at radius 3 is 2.73 bits per heavy atom. The molecule has 0 saturated heterocycles. The molecule has 0 atom stereocenters. The van der Waals surface area contributed by atoms with Gasteiger partial charge in [0, 0.05) is 23.9 Å². The molecule has 2 aromatic carbocycles. The Labute approximate surface area is 177 Å². The maximum absolute atomic E-state index is 13.1. The van der Waals surface area contributed by atoms with Gasteiger partial charge in [-0.15, -0.1) is 0 Å². The van der Waals surface area contributed by atoms with Gasteiger partial charge in [-0.25, -0.2) is 0 Å². The van der Waals surface area contributed by atoms with E-state index in [1.54, 1.807) is 41.3 Å². The summed E-state index contributed by atoms with van der Waals surface area (Å²) >= 11 is 0. The Kier molecular flexibility index (Phi) is 6.12. The minimum absolute atomic E-state index is 0.0343. The van der Waals surface area contributed by atoms with Crippen LogP contribution in [0.4, 0.5) is 11.4 Å². The molecule has 1 aliphatic heterocycles. The van der Waals surface area contributed by atoms with E-state index in [1.165, 1.54) is 0 Å². The lowest BCUT2D eigenvalue weighted by atomic mass is 9.92. The number of ether oxygens (including phenoxy) is 1. The molecule has 0 bridgehead atoms. The molecule has 3 rings (SSSR count). The topological polar surface area (TPSA) is 82.4 Å². The van der Waals surface area contributed by atoms with Gasteiger partial charge in [0.2, 0.25) is 5.91 Å². The first-order valence-electron chi connectivity index (χ1n) is 10.1. The highest BCUT2D eigenvalue weighted by atomic mass is 16.5. The molecule has 0 saturated carbocycles. The normalized spacial score (nSPS) is 15.1. The summed E-state index contributed by atoms with van der Waals surface area (Å²) in [7, 11) is 0. The second-order valence-corrected chi connectivity index (χ2v) is 8.64. The number of carbonyl (C=O) groups is 2. The first-order valence-corrected chi connectivity index (χ1v) is 10.1. The molecule has 0 unspecified atom stereocenters. The monoisotopic (exact) mass is 405 g/mol. The van der Waals surface area contributed by atoms with Gasteiger partial charge >= 0.3 is 0 Å². The van der Waals surface area contributed by atoms with Crippen molar-refractivity contribution in [2.24, 2.45) is 11.3 Å². The van der Waals surface area contributed by atoms with E-state index in [1.807, 2.05) is 26.0 Å². The fourth-order valence-corrected chi connectivity index (χ4v) is 3.27. The number of benzene rings is 2. The quantitative estimate of drug-likeness (QED) is 0.788. The number of nitrogens with one attached hydrogen (secondary N) is 1. The van der Waals surface area contributed by atoms with Gasteiger partial charge in [0.05, 0.1) is 22.7 Å². The molecule has 1 heterocycles. The molecule has 2 amide bonds. The number of nitrogens with zero attached hydrogens (tertiary/aromatic N) is 2. The molecule has 1 N–H and O–H groups in total. The number of carbonyl (C=O) groups excluding carboxylic acids is 2. The summed E-state index contributed by atoms with van der Waals surface area (Å²) in [6.07, 6.45) is 0.884. The van der Waals surface area contributed by atoms with Crippen LogP contribution in [0.15, 0.2) is 42.5 Å². The summed E-state index contributed by atoms with van der Waals surface area (Å²) in [4.78, 5) is 27.5. The van der Waals surface area contributed by atoms with Crippen LogP contribution in [0, 0.1) is 22.7 Å². The van der Waals surface area contributed by atoms with Crippen LogP contribution in [0.5, 0.6) is 5.75 Å². The van der Waals surface area contributed by atoms with Gasteiger partial charge in [-0.1, -0.05) is 19.9 Å². The van der Waals surface area contributed by atoms with E-state index in [2.05, 4.69) is 19.2 Å². The fourth-order valence-electron chi connectivity index (χ4n) is 3.27. The summed E-state index contributed by atoms with van der Waals surface area (Å²) in [6.45, 7) is 8.90. The molecule has 0 aromatic heterocycles. The molecular weight excluding hydrogens is 378 g/mol. The van der Waals surface area contributed by atoms with Gasteiger partial charge in [0.1, 0.15) is 12.4 Å². The zero-order valence-electron chi connectivity index (χ0n) is 17.9. The van der Waals surface area contributed by atoms with Gasteiger partial charge < -0.3 is 15.0 Å². The third-order valence-corrected chi connectivity index (χ3v) is 5.11. The van der Waals surface area contributed by atoms with E-state index >= 15 is 0 Å². The zero-order valence-corrected chi connectivity index (χ0v) is 17.9. The highest BCUT2D eigenvalue weighted by Crippen LogP contribution is 2.38. The van der Waals surface area contributed by atoms with Gasteiger partial charge in [-0.05, 0) is 56.5 Å². The van der Waals surface area contributed by atoms with Crippen LogP contribution < -0.4 is 15.0 Å². The number of amides is 2. The van der Waals surface area contributed by atoms with Crippen LogP contribution in [-0.4, -0.2) is 25.0 Å². The largest absolute Gasteiger partial charge is 0.490 e. The van der Waals surface area contributed by atoms with Gasteiger partial charge in [0.15, 0.2) is 0 Å². The average molecular weight is 405 g/mol. The van der Waals surface area contributed by atoms with E-state index in [0.29, 0.717) is 35.0 Å². The Morgan fingerprint density at radius 1 is 1.27 bits per heavy atom. The summed E-state index contributed by atoms with van der Waals surface area (Å²) in [5.41, 5.74) is 1.47. The molecule has 6 nitrogen and oxygen atoms in total. The van der Waals surface area contributed by atoms with Crippen molar-refractivity contribution >= 4 is 23.2 Å². The lowest BCUT2D eigenvalue weighted by Gasteiger charge is -2.28. The number of anilines is 2.